The van der Waals surface area contributed by atoms with E-state index in [1.165, 1.54) is 6.07 Å². The molecular weight excluding hydrogens is 264 g/mol. The fourth-order valence-corrected chi connectivity index (χ4v) is 2.82. The maximum atomic E-state index is 12.2. The highest BCUT2D eigenvalue weighted by Crippen LogP contribution is 2.18. The lowest BCUT2D eigenvalue weighted by molar-refractivity contribution is 0.578. The molecule has 0 aliphatic carbocycles. The second kappa shape index (κ2) is 5.33. The van der Waals surface area contributed by atoms with Crippen LogP contribution in [-0.4, -0.2) is 18.4 Å². The molecule has 0 unspecified atom stereocenters. The second-order valence-electron chi connectivity index (χ2n) is 4.01. The van der Waals surface area contributed by atoms with Crippen molar-refractivity contribution in [3.8, 4) is 0 Å². The summed E-state index contributed by atoms with van der Waals surface area (Å²) in [4.78, 5) is 8.08. The number of anilines is 1. The van der Waals surface area contributed by atoms with Gasteiger partial charge in [0.05, 0.1) is 11.4 Å². The molecule has 0 aliphatic heterocycles. The molecule has 6 nitrogen and oxygen atoms in total. The Hall–Kier alpha value is -1.99. The van der Waals surface area contributed by atoms with Crippen molar-refractivity contribution in [2.45, 2.75) is 18.4 Å². The Kier molecular flexibility index (Phi) is 3.77. The summed E-state index contributed by atoms with van der Waals surface area (Å²) in [7, 11) is -3.62. The summed E-state index contributed by atoms with van der Waals surface area (Å²) in [5.74, 6) is 0.410. The molecule has 0 radical (unpaired) electrons. The van der Waals surface area contributed by atoms with Crippen LogP contribution >= 0.6 is 0 Å². The Labute approximate surface area is 111 Å². The van der Waals surface area contributed by atoms with Gasteiger partial charge in [-0.25, -0.2) is 23.1 Å². The van der Waals surface area contributed by atoms with E-state index in [0.29, 0.717) is 17.1 Å². The highest BCUT2D eigenvalue weighted by atomic mass is 32.2. The molecule has 0 saturated carbocycles. The van der Waals surface area contributed by atoms with Gasteiger partial charge in [-0.2, -0.15) is 0 Å². The number of benzene rings is 1. The molecule has 0 amide bonds. The maximum absolute atomic E-state index is 12.2. The van der Waals surface area contributed by atoms with Crippen molar-refractivity contribution < 1.29 is 8.42 Å². The summed E-state index contributed by atoms with van der Waals surface area (Å²) >= 11 is 0. The van der Waals surface area contributed by atoms with Crippen LogP contribution in [0.4, 0.5) is 5.69 Å². The summed E-state index contributed by atoms with van der Waals surface area (Å²) in [5.41, 5.74) is 6.65. The maximum Gasteiger partial charge on any atom is 0.241 e. The first-order valence-electron chi connectivity index (χ1n) is 5.61. The van der Waals surface area contributed by atoms with E-state index in [1.54, 1.807) is 37.5 Å². The zero-order chi connectivity index (χ0) is 13.9. The Morgan fingerprint density at radius 1 is 1.26 bits per heavy atom. The molecule has 1 heterocycles. The monoisotopic (exact) mass is 278 g/mol. The predicted octanol–water partition coefficient (Wildman–Crippen LogP) is 0.846. The van der Waals surface area contributed by atoms with Crippen LogP contribution in [0.1, 0.15) is 11.4 Å². The van der Waals surface area contributed by atoms with E-state index >= 15 is 0 Å². The SMILES string of the molecule is Cc1ccc(N)cc1S(=O)(=O)NCc1ncccn1. The zero-order valence-electron chi connectivity index (χ0n) is 10.4. The molecule has 0 aliphatic rings. The van der Waals surface area contributed by atoms with Gasteiger partial charge in [0.1, 0.15) is 5.82 Å². The van der Waals surface area contributed by atoms with Crippen LogP contribution in [0.5, 0.6) is 0 Å². The van der Waals surface area contributed by atoms with E-state index in [4.69, 9.17) is 5.73 Å². The number of hydrogen-bond donors (Lipinski definition) is 2. The van der Waals surface area contributed by atoms with E-state index in [0.717, 1.165) is 0 Å². The minimum Gasteiger partial charge on any atom is -0.399 e. The molecule has 100 valence electrons. The summed E-state index contributed by atoms with van der Waals surface area (Å²) in [6.07, 6.45) is 3.12. The van der Waals surface area contributed by atoms with Gasteiger partial charge in [0.25, 0.3) is 0 Å². The molecule has 1 aromatic carbocycles. The third-order valence-corrected chi connectivity index (χ3v) is 4.08. The van der Waals surface area contributed by atoms with E-state index in [2.05, 4.69) is 14.7 Å². The van der Waals surface area contributed by atoms with Gasteiger partial charge in [-0.15, -0.1) is 0 Å². The molecule has 19 heavy (non-hydrogen) atoms. The standard InChI is InChI=1S/C12H14N4O2S/c1-9-3-4-10(13)7-11(9)19(17,18)16-8-12-14-5-2-6-15-12/h2-7,16H,8,13H2,1H3. The molecule has 3 N–H and O–H groups in total. The van der Waals surface area contributed by atoms with Crippen LogP contribution in [-0.2, 0) is 16.6 Å². The number of aromatic nitrogens is 2. The molecule has 7 heteroatoms. The normalized spacial score (nSPS) is 11.4. The van der Waals surface area contributed by atoms with Crippen LogP contribution in [0.3, 0.4) is 0 Å². The lowest BCUT2D eigenvalue weighted by Crippen LogP contribution is -2.25. The first-order chi connectivity index (χ1) is 8.99. The van der Waals surface area contributed by atoms with Gasteiger partial charge in [0.15, 0.2) is 0 Å². The van der Waals surface area contributed by atoms with Crippen molar-refractivity contribution >= 4 is 15.7 Å². The van der Waals surface area contributed by atoms with Crippen molar-refractivity contribution in [1.82, 2.24) is 14.7 Å². The van der Waals surface area contributed by atoms with E-state index < -0.39 is 10.0 Å². The Morgan fingerprint density at radius 3 is 2.63 bits per heavy atom. The lowest BCUT2D eigenvalue weighted by Gasteiger charge is -2.09. The summed E-state index contributed by atoms with van der Waals surface area (Å²) in [6, 6.07) is 6.43. The average molecular weight is 278 g/mol. The topological polar surface area (TPSA) is 98.0 Å². The summed E-state index contributed by atoms with van der Waals surface area (Å²) in [6.45, 7) is 1.75. The van der Waals surface area contributed by atoms with Crippen molar-refractivity contribution in [1.29, 1.82) is 0 Å². The third kappa shape index (κ3) is 3.27. The molecule has 2 rings (SSSR count). The number of hydrogen-bond acceptors (Lipinski definition) is 5. The zero-order valence-corrected chi connectivity index (χ0v) is 11.2. The highest BCUT2D eigenvalue weighted by molar-refractivity contribution is 7.89. The van der Waals surface area contributed by atoms with Crippen LogP contribution in [0, 0.1) is 6.92 Å². The van der Waals surface area contributed by atoms with Crippen LogP contribution in [0.2, 0.25) is 0 Å². The molecular formula is C12H14N4O2S. The quantitative estimate of drug-likeness (QED) is 0.808. The van der Waals surface area contributed by atoms with Gasteiger partial charge in [-0.3, -0.25) is 0 Å². The van der Waals surface area contributed by atoms with Crippen molar-refractivity contribution in [2.24, 2.45) is 0 Å². The number of nitrogen functional groups attached to an aromatic ring is 1. The van der Waals surface area contributed by atoms with Gasteiger partial charge in [0, 0.05) is 18.1 Å². The first-order valence-corrected chi connectivity index (χ1v) is 7.09. The predicted molar refractivity (Wildman–Crippen MR) is 71.6 cm³/mol. The minimum absolute atomic E-state index is 0.0391. The Morgan fingerprint density at radius 2 is 1.95 bits per heavy atom. The second-order valence-corrected chi connectivity index (χ2v) is 5.75. The molecule has 2 aromatic rings. The summed E-state index contributed by atoms with van der Waals surface area (Å²) < 4.78 is 26.8. The van der Waals surface area contributed by atoms with Crippen molar-refractivity contribution in [3.05, 3.63) is 48.0 Å². The fourth-order valence-electron chi connectivity index (χ4n) is 1.56. The van der Waals surface area contributed by atoms with Crippen LogP contribution in [0.15, 0.2) is 41.6 Å². The van der Waals surface area contributed by atoms with Gasteiger partial charge in [-0.05, 0) is 30.7 Å². The fraction of sp³-hybridized carbons (Fsp3) is 0.167. The van der Waals surface area contributed by atoms with E-state index in [-0.39, 0.29) is 11.4 Å². The van der Waals surface area contributed by atoms with Crippen LogP contribution in [0.25, 0.3) is 0 Å². The molecule has 0 spiro atoms. The number of aryl methyl sites for hydroxylation is 1. The molecule has 0 fully saturated rings. The average Bonchev–Trinajstić information content (AvgIpc) is 2.40. The molecule has 0 atom stereocenters. The Bertz CT molecular complexity index is 671. The van der Waals surface area contributed by atoms with Gasteiger partial charge in [0.2, 0.25) is 10.0 Å². The highest BCUT2D eigenvalue weighted by Gasteiger charge is 2.17. The minimum atomic E-state index is -3.62. The van der Waals surface area contributed by atoms with Crippen LogP contribution < -0.4 is 10.5 Å². The van der Waals surface area contributed by atoms with Crippen molar-refractivity contribution in [2.75, 3.05) is 5.73 Å². The lowest BCUT2D eigenvalue weighted by atomic mass is 10.2. The van der Waals surface area contributed by atoms with Gasteiger partial charge >= 0.3 is 0 Å². The number of nitrogens with zero attached hydrogens (tertiary/aromatic N) is 2. The number of rotatable bonds is 4. The number of nitrogens with two attached hydrogens (primary N) is 1. The molecule has 1 aromatic heterocycles. The number of sulfonamides is 1. The van der Waals surface area contributed by atoms with E-state index in [9.17, 15) is 8.42 Å². The smallest absolute Gasteiger partial charge is 0.241 e. The van der Waals surface area contributed by atoms with Gasteiger partial charge in [-0.1, -0.05) is 6.07 Å². The summed E-state index contributed by atoms with van der Waals surface area (Å²) in [5, 5.41) is 0. The first kappa shape index (κ1) is 13.4. The third-order valence-electron chi connectivity index (χ3n) is 2.54. The molecule has 0 saturated heterocycles. The van der Waals surface area contributed by atoms with Crippen molar-refractivity contribution in [3.63, 3.8) is 0 Å². The number of nitrogens with one attached hydrogen (secondary N) is 1. The van der Waals surface area contributed by atoms with Gasteiger partial charge < -0.3 is 5.73 Å². The largest absolute Gasteiger partial charge is 0.399 e. The Balaban J connectivity index is 2.21. The van der Waals surface area contributed by atoms with E-state index in [1.807, 2.05) is 0 Å². The molecule has 0 bridgehead atoms.